The van der Waals surface area contributed by atoms with Crippen LogP contribution in [0.25, 0.3) is 0 Å². The summed E-state index contributed by atoms with van der Waals surface area (Å²) in [6, 6.07) is 1.94. The molecule has 1 aromatic heterocycles. The van der Waals surface area contributed by atoms with Gasteiger partial charge >= 0.3 is 0 Å². The Labute approximate surface area is 79.0 Å². The SMILES string of the molecule is Cc1cnccc1CN.Cl.Cl. The third kappa shape index (κ3) is 3.56. The van der Waals surface area contributed by atoms with E-state index in [1.165, 1.54) is 11.1 Å². The molecule has 11 heavy (non-hydrogen) atoms. The molecule has 0 aliphatic carbocycles. The highest BCUT2D eigenvalue weighted by molar-refractivity contribution is 5.85. The Bertz CT molecular complexity index is 203. The van der Waals surface area contributed by atoms with Crippen molar-refractivity contribution in [2.45, 2.75) is 13.5 Å². The largest absolute Gasteiger partial charge is 0.326 e. The minimum atomic E-state index is 0. The Morgan fingerprint density at radius 1 is 1.45 bits per heavy atom. The molecule has 1 rings (SSSR count). The summed E-state index contributed by atoms with van der Waals surface area (Å²) >= 11 is 0. The summed E-state index contributed by atoms with van der Waals surface area (Å²) in [6.45, 7) is 2.61. The summed E-state index contributed by atoms with van der Waals surface area (Å²) in [5, 5.41) is 0. The number of aryl methyl sites for hydroxylation is 1. The van der Waals surface area contributed by atoms with Gasteiger partial charge in [-0.25, -0.2) is 0 Å². The predicted molar refractivity (Wildman–Crippen MR) is 51.4 cm³/mol. The second-order valence-electron chi connectivity index (χ2n) is 2.01. The van der Waals surface area contributed by atoms with Gasteiger partial charge in [-0.3, -0.25) is 4.98 Å². The van der Waals surface area contributed by atoms with Crippen molar-refractivity contribution in [1.82, 2.24) is 4.98 Å². The monoisotopic (exact) mass is 194 g/mol. The standard InChI is InChI=1S/C7H10N2.2ClH/c1-6-5-9-3-2-7(6)4-8;;/h2-3,5H,4,8H2,1H3;2*1H. The van der Waals surface area contributed by atoms with Crippen LogP contribution in [0, 0.1) is 6.92 Å². The first kappa shape index (κ1) is 13.3. The van der Waals surface area contributed by atoms with Gasteiger partial charge in [-0.05, 0) is 24.1 Å². The van der Waals surface area contributed by atoms with E-state index in [4.69, 9.17) is 5.73 Å². The molecule has 0 spiro atoms. The zero-order valence-corrected chi connectivity index (χ0v) is 7.91. The highest BCUT2D eigenvalue weighted by Gasteiger charge is 1.90. The van der Waals surface area contributed by atoms with Crippen molar-refractivity contribution >= 4 is 24.8 Å². The van der Waals surface area contributed by atoms with Gasteiger partial charge in [-0.1, -0.05) is 0 Å². The van der Waals surface area contributed by atoms with Crippen LogP contribution in [0.4, 0.5) is 0 Å². The molecule has 1 aromatic rings. The third-order valence-corrected chi connectivity index (χ3v) is 1.36. The Hall–Kier alpha value is -0.310. The van der Waals surface area contributed by atoms with Gasteiger partial charge in [0.2, 0.25) is 0 Å². The van der Waals surface area contributed by atoms with Crippen molar-refractivity contribution in [1.29, 1.82) is 0 Å². The van der Waals surface area contributed by atoms with Crippen molar-refractivity contribution < 1.29 is 0 Å². The lowest BCUT2D eigenvalue weighted by Gasteiger charge is -1.97. The molecule has 0 bridgehead atoms. The summed E-state index contributed by atoms with van der Waals surface area (Å²) < 4.78 is 0. The zero-order chi connectivity index (χ0) is 6.69. The smallest absolute Gasteiger partial charge is 0.0300 e. The van der Waals surface area contributed by atoms with Crippen molar-refractivity contribution in [3.8, 4) is 0 Å². The molecule has 4 heteroatoms. The Balaban J connectivity index is 0. The molecule has 0 aromatic carbocycles. The molecule has 64 valence electrons. The molecule has 0 unspecified atom stereocenters. The van der Waals surface area contributed by atoms with E-state index in [-0.39, 0.29) is 24.8 Å². The van der Waals surface area contributed by atoms with E-state index in [0.29, 0.717) is 6.54 Å². The lowest BCUT2D eigenvalue weighted by molar-refractivity contribution is 1.03. The molecule has 0 amide bonds. The molecule has 0 radical (unpaired) electrons. The number of nitrogens with zero attached hydrogens (tertiary/aromatic N) is 1. The van der Waals surface area contributed by atoms with Crippen LogP contribution in [0.1, 0.15) is 11.1 Å². The van der Waals surface area contributed by atoms with Crippen molar-refractivity contribution in [3.05, 3.63) is 29.6 Å². The number of hydrogen-bond acceptors (Lipinski definition) is 2. The van der Waals surface area contributed by atoms with Crippen molar-refractivity contribution in [2.75, 3.05) is 0 Å². The highest BCUT2D eigenvalue weighted by atomic mass is 35.5. The number of halogens is 2. The van der Waals surface area contributed by atoms with Gasteiger partial charge in [0.1, 0.15) is 0 Å². The maximum atomic E-state index is 5.42. The molecule has 0 saturated heterocycles. The zero-order valence-electron chi connectivity index (χ0n) is 6.28. The van der Waals surface area contributed by atoms with Crippen LogP contribution in [-0.4, -0.2) is 4.98 Å². The van der Waals surface area contributed by atoms with Gasteiger partial charge < -0.3 is 5.73 Å². The molecule has 2 N–H and O–H groups in total. The topological polar surface area (TPSA) is 38.9 Å². The van der Waals surface area contributed by atoms with Crippen LogP contribution < -0.4 is 5.73 Å². The van der Waals surface area contributed by atoms with E-state index >= 15 is 0 Å². The number of aromatic nitrogens is 1. The van der Waals surface area contributed by atoms with Gasteiger partial charge in [0.05, 0.1) is 0 Å². The molecule has 2 nitrogen and oxygen atoms in total. The van der Waals surface area contributed by atoms with Crippen LogP contribution >= 0.6 is 24.8 Å². The second kappa shape index (κ2) is 6.40. The van der Waals surface area contributed by atoms with Gasteiger partial charge in [-0.2, -0.15) is 0 Å². The van der Waals surface area contributed by atoms with Gasteiger partial charge in [0.15, 0.2) is 0 Å². The highest BCUT2D eigenvalue weighted by Crippen LogP contribution is 2.01. The summed E-state index contributed by atoms with van der Waals surface area (Å²) in [6.07, 6.45) is 3.58. The first-order chi connectivity index (χ1) is 4.34. The average molecular weight is 195 g/mol. The number of hydrogen-bond donors (Lipinski definition) is 1. The molecule has 1 heterocycles. The Kier molecular flexibility index (Phi) is 7.74. The fourth-order valence-electron chi connectivity index (χ4n) is 0.731. The van der Waals surface area contributed by atoms with E-state index < -0.39 is 0 Å². The first-order valence-corrected chi connectivity index (χ1v) is 2.94. The fraction of sp³-hybridized carbons (Fsp3) is 0.286. The van der Waals surface area contributed by atoms with Crippen LogP contribution in [-0.2, 0) is 6.54 Å². The number of rotatable bonds is 1. The molecule has 0 fully saturated rings. The molecular formula is C7H12Cl2N2. The fourth-order valence-corrected chi connectivity index (χ4v) is 0.731. The predicted octanol–water partition coefficient (Wildman–Crippen LogP) is 1.69. The number of pyridine rings is 1. The molecular weight excluding hydrogens is 183 g/mol. The van der Waals surface area contributed by atoms with E-state index in [9.17, 15) is 0 Å². The Morgan fingerprint density at radius 3 is 2.45 bits per heavy atom. The second-order valence-corrected chi connectivity index (χ2v) is 2.01. The summed E-state index contributed by atoms with van der Waals surface area (Å²) in [4.78, 5) is 3.94. The minimum absolute atomic E-state index is 0. The van der Waals surface area contributed by atoms with Gasteiger partial charge in [0.25, 0.3) is 0 Å². The van der Waals surface area contributed by atoms with Crippen LogP contribution in [0.2, 0.25) is 0 Å². The summed E-state index contributed by atoms with van der Waals surface area (Å²) in [5.41, 5.74) is 7.76. The van der Waals surface area contributed by atoms with Gasteiger partial charge in [0, 0.05) is 18.9 Å². The van der Waals surface area contributed by atoms with Crippen LogP contribution in [0.5, 0.6) is 0 Å². The Morgan fingerprint density at radius 2 is 2.09 bits per heavy atom. The van der Waals surface area contributed by atoms with E-state index in [2.05, 4.69) is 4.98 Å². The average Bonchev–Trinajstić information content (AvgIpc) is 1.89. The summed E-state index contributed by atoms with van der Waals surface area (Å²) in [5.74, 6) is 0. The van der Waals surface area contributed by atoms with Crippen LogP contribution in [0.15, 0.2) is 18.5 Å². The number of nitrogens with two attached hydrogens (primary N) is 1. The molecule has 0 atom stereocenters. The minimum Gasteiger partial charge on any atom is -0.326 e. The third-order valence-electron chi connectivity index (χ3n) is 1.36. The van der Waals surface area contributed by atoms with E-state index in [0.717, 1.165) is 0 Å². The lowest BCUT2D eigenvalue weighted by atomic mass is 10.2. The van der Waals surface area contributed by atoms with E-state index in [1.807, 2.05) is 19.2 Å². The molecule has 0 aliphatic rings. The van der Waals surface area contributed by atoms with Crippen LogP contribution in [0.3, 0.4) is 0 Å². The maximum absolute atomic E-state index is 5.42. The van der Waals surface area contributed by atoms with Crippen molar-refractivity contribution in [2.24, 2.45) is 5.73 Å². The van der Waals surface area contributed by atoms with Gasteiger partial charge in [-0.15, -0.1) is 24.8 Å². The first-order valence-electron chi connectivity index (χ1n) is 2.94. The maximum Gasteiger partial charge on any atom is 0.0300 e. The quantitative estimate of drug-likeness (QED) is 0.740. The van der Waals surface area contributed by atoms with E-state index in [1.54, 1.807) is 6.20 Å². The lowest BCUT2D eigenvalue weighted by Crippen LogP contribution is -1.98. The summed E-state index contributed by atoms with van der Waals surface area (Å²) in [7, 11) is 0. The normalized spacial score (nSPS) is 7.82. The molecule has 0 aliphatic heterocycles. The van der Waals surface area contributed by atoms with Crippen molar-refractivity contribution in [3.63, 3.8) is 0 Å². The molecule has 0 saturated carbocycles.